The van der Waals surface area contributed by atoms with Crippen molar-refractivity contribution in [3.05, 3.63) is 29.3 Å². The molecule has 11 heteroatoms. The van der Waals surface area contributed by atoms with Crippen LogP contribution in [-0.2, 0) is 15.6 Å². The summed E-state index contributed by atoms with van der Waals surface area (Å²) in [6.45, 7) is 1.10. The van der Waals surface area contributed by atoms with E-state index < -0.39 is 33.5 Å². The summed E-state index contributed by atoms with van der Waals surface area (Å²) in [7, 11) is -3.76. The number of benzene rings is 1. The minimum Gasteiger partial charge on any atom is -0.369 e. The van der Waals surface area contributed by atoms with Gasteiger partial charge in [0.05, 0.1) is 11.9 Å². The Morgan fingerprint density at radius 2 is 1.50 bits per heavy atom. The summed E-state index contributed by atoms with van der Waals surface area (Å²) < 4.78 is 100. The Morgan fingerprint density at radius 1 is 1.05 bits per heavy atom. The first-order valence-electron chi connectivity index (χ1n) is 5.54. The second kappa shape index (κ2) is 5.30. The number of anilines is 1. The summed E-state index contributed by atoms with van der Waals surface area (Å²) in [5.74, 6) is 0. The second-order valence-electron chi connectivity index (χ2n) is 4.61. The van der Waals surface area contributed by atoms with Gasteiger partial charge in [0.1, 0.15) is 0 Å². The Bertz CT molecular complexity index is 651. The third-order valence-electron chi connectivity index (χ3n) is 2.76. The fourth-order valence-electron chi connectivity index (χ4n) is 1.69. The van der Waals surface area contributed by atoms with E-state index in [0.717, 1.165) is 13.2 Å². The minimum atomic E-state index is -6.00. The highest BCUT2D eigenvalue weighted by atomic mass is 32.2. The number of rotatable bonds is 3. The fraction of sp³-hybridized carbons (Fsp3) is 0.455. The van der Waals surface area contributed by atoms with Crippen molar-refractivity contribution >= 4 is 15.7 Å². The normalized spacial score (nSPS) is 14.0. The van der Waals surface area contributed by atoms with Gasteiger partial charge in [-0.15, -0.1) is 0 Å². The molecule has 0 amide bonds. The Labute approximate surface area is 121 Å². The van der Waals surface area contributed by atoms with Gasteiger partial charge in [-0.1, -0.05) is 12.1 Å². The van der Waals surface area contributed by atoms with Crippen LogP contribution in [0.15, 0.2) is 18.2 Å². The summed E-state index contributed by atoms with van der Waals surface area (Å²) >= 11 is 0. The zero-order valence-electron chi connectivity index (χ0n) is 11.2. The number of sulfonamides is 1. The molecule has 4 nitrogen and oxygen atoms in total. The molecule has 0 atom stereocenters. The molecule has 0 bridgehead atoms. The lowest BCUT2D eigenvalue weighted by Gasteiger charge is -2.33. The first-order chi connectivity index (χ1) is 9.59. The van der Waals surface area contributed by atoms with Gasteiger partial charge in [-0.3, -0.25) is 4.72 Å². The van der Waals surface area contributed by atoms with Crippen molar-refractivity contribution in [2.45, 2.75) is 24.9 Å². The van der Waals surface area contributed by atoms with Gasteiger partial charge in [0, 0.05) is 5.56 Å². The van der Waals surface area contributed by atoms with E-state index in [2.05, 4.69) is 0 Å². The molecule has 1 rings (SSSR count). The molecule has 2 N–H and O–H groups in total. The molecule has 0 radical (unpaired) electrons. The Morgan fingerprint density at radius 3 is 1.82 bits per heavy atom. The summed E-state index contributed by atoms with van der Waals surface area (Å²) in [5.41, 5.74) is -6.91. The summed E-state index contributed by atoms with van der Waals surface area (Å²) in [6.07, 6.45) is -11.2. The van der Waals surface area contributed by atoms with E-state index in [-0.39, 0.29) is 11.3 Å². The Balaban J connectivity index is 3.46. The molecule has 0 saturated heterocycles. The third kappa shape index (κ3) is 3.46. The van der Waals surface area contributed by atoms with Gasteiger partial charge < -0.3 is 5.11 Å². The van der Waals surface area contributed by atoms with E-state index in [1.54, 1.807) is 0 Å². The van der Waals surface area contributed by atoms with E-state index in [1.807, 2.05) is 4.72 Å². The average molecular weight is 351 g/mol. The van der Waals surface area contributed by atoms with Gasteiger partial charge >= 0.3 is 12.4 Å². The van der Waals surface area contributed by atoms with E-state index in [4.69, 9.17) is 0 Å². The lowest BCUT2D eigenvalue weighted by Crippen LogP contribution is -2.53. The highest BCUT2D eigenvalue weighted by molar-refractivity contribution is 7.92. The maximum absolute atomic E-state index is 12.7. The molecule has 0 aliphatic heterocycles. The number of hydrogen-bond donors (Lipinski definition) is 2. The summed E-state index contributed by atoms with van der Waals surface area (Å²) in [6, 6.07) is 1.50. The minimum absolute atomic E-state index is 0.196. The van der Waals surface area contributed by atoms with Gasteiger partial charge in [-0.2, -0.15) is 26.3 Å². The van der Waals surface area contributed by atoms with Gasteiger partial charge in [0.15, 0.2) is 0 Å². The van der Waals surface area contributed by atoms with Crippen LogP contribution >= 0.6 is 0 Å². The van der Waals surface area contributed by atoms with Crippen molar-refractivity contribution in [3.63, 3.8) is 0 Å². The molecule has 0 heterocycles. The van der Waals surface area contributed by atoms with Crippen LogP contribution in [0, 0.1) is 6.92 Å². The van der Waals surface area contributed by atoms with E-state index in [9.17, 15) is 39.9 Å². The third-order valence-corrected chi connectivity index (χ3v) is 3.35. The highest BCUT2D eigenvalue weighted by Gasteiger charge is 2.71. The van der Waals surface area contributed by atoms with Gasteiger partial charge in [0.25, 0.3) is 5.60 Å². The molecule has 126 valence electrons. The van der Waals surface area contributed by atoms with Crippen LogP contribution in [0.2, 0.25) is 0 Å². The van der Waals surface area contributed by atoms with Crippen LogP contribution in [0.25, 0.3) is 0 Å². The molecular formula is C11H11F6NO3S. The van der Waals surface area contributed by atoms with Crippen molar-refractivity contribution in [2.24, 2.45) is 0 Å². The monoisotopic (exact) mass is 351 g/mol. The first kappa shape index (κ1) is 18.6. The van der Waals surface area contributed by atoms with Crippen LogP contribution in [0.3, 0.4) is 0 Å². The number of halogens is 6. The zero-order valence-corrected chi connectivity index (χ0v) is 12.0. The van der Waals surface area contributed by atoms with Gasteiger partial charge in [0.2, 0.25) is 10.0 Å². The standard InChI is InChI=1S/C11H11F6NO3S/c1-6-5-7(3-4-8(6)18-22(2,20)21)9(19,10(12,13)14)11(15,16)17/h3-5,18-19H,1-2H3. The molecule has 0 aromatic heterocycles. The quantitative estimate of drug-likeness (QED) is 0.823. The van der Waals surface area contributed by atoms with Crippen LogP contribution < -0.4 is 4.72 Å². The molecule has 1 aromatic rings. The predicted octanol–water partition coefficient (Wildman–Crippen LogP) is 2.68. The highest BCUT2D eigenvalue weighted by Crippen LogP contribution is 2.50. The van der Waals surface area contributed by atoms with Gasteiger partial charge in [-0.25, -0.2) is 8.42 Å². The number of hydrogen-bond acceptors (Lipinski definition) is 3. The molecule has 22 heavy (non-hydrogen) atoms. The Hall–Kier alpha value is -1.49. The zero-order chi connectivity index (χ0) is 17.6. The van der Waals surface area contributed by atoms with Crippen LogP contribution in [-0.4, -0.2) is 32.1 Å². The molecule has 0 saturated carbocycles. The van der Waals surface area contributed by atoms with Crippen LogP contribution in [0.4, 0.5) is 32.0 Å². The topological polar surface area (TPSA) is 66.4 Å². The van der Waals surface area contributed by atoms with E-state index in [0.29, 0.717) is 18.2 Å². The van der Waals surface area contributed by atoms with Crippen LogP contribution in [0.1, 0.15) is 11.1 Å². The molecule has 1 aromatic carbocycles. The van der Waals surface area contributed by atoms with Crippen molar-refractivity contribution in [2.75, 3.05) is 11.0 Å². The molecular weight excluding hydrogens is 340 g/mol. The smallest absolute Gasteiger partial charge is 0.369 e. The molecule has 0 fully saturated rings. The maximum Gasteiger partial charge on any atom is 0.430 e. The number of alkyl halides is 6. The largest absolute Gasteiger partial charge is 0.430 e. The van der Waals surface area contributed by atoms with Crippen molar-refractivity contribution in [1.29, 1.82) is 0 Å². The number of aryl methyl sites for hydroxylation is 1. The SMILES string of the molecule is Cc1cc(C(O)(C(F)(F)F)C(F)(F)F)ccc1NS(C)(=O)=O. The lowest BCUT2D eigenvalue weighted by molar-refractivity contribution is -0.376. The molecule has 0 aliphatic carbocycles. The average Bonchev–Trinajstić information content (AvgIpc) is 2.26. The number of nitrogens with one attached hydrogen (secondary N) is 1. The van der Waals surface area contributed by atoms with Crippen molar-refractivity contribution < 1.29 is 39.9 Å². The molecule has 0 unspecified atom stereocenters. The predicted molar refractivity (Wildman–Crippen MR) is 65.7 cm³/mol. The van der Waals surface area contributed by atoms with E-state index in [1.165, 1.54) is 0 Å². The lowest BCUT2D eigenvalue weighted by atomic mass is 9.91. The second-order valence-corrected chi connectivity index (χ2v) is 6.36. The van der Waals surface area contributed by atoms with Crippen molar-refractivity contribution in [1.82, 2.24) is 0 Å². The molecule has 0 aliphatic rings. The number of aliphatic hydroxyl groups is 1. The van der Waals surface area contributed by atoms with Crippen LogP contribution in [0.5, 0.6) is 0 Å². The first-order valence-corrected chi connectivity index (χ1v) is 7.43. The Kier molecular flexibility index (Phi) is 4.47. The fourth-order valence-corrected chi connectivity index (χ4v) is 2.32. The summed E-state index contributed by atoms with van der Waals surface area (Å²) in [4.78, 5) is 0. The maximum atomic E-state index is 12.7. The van der Waals surface area contributed by atoms with E-state index >= 15 is 0 Å². The summed E-state index contributed by atoms with van der Waals surface area (Å²) in [5, 5.41) is 9.21. The van der Waals surface area contributed by atoms with Gasteiger partial charge in [-0.05, 0) is 18.6 Å². The van der Waals surface area contributed by atoms with Crippen molar-refractivity contribution in [3.8, 4) is 0 Å². The molecule has 0 spiro atoms.